The molecule has 0 heterocycles. The van der Waals surface area contributed by atoms with E-state index in [4.69, 9.17) is 0 Å². The highest BCUT2D eigenvalue weighted by Crippen LogP contribution is 2.29. The average molecular weight is 245 g/mol. The van der Waals surface area contributed by atoms with Gasteiger partial charge in [-0.3, -0.25) is 4.79 Å². The molecule has 98 valence electrons. The van der Waals surface area contributed by atoms with Gasteiger partial charge in [-0.2, -0.15) is 0 Å². The van der Waals surface area contributed by atoms with Crippen molar-refractivity contribution in [3.63, 3.8) is 0 Å². The second kappa shape index (κ2) is 6.03. The van der Waals surface area contributed by atoms with Crippen LogP contribution in [0.5, 0.6) is 0 Å². The number of para-hydroxylation sites is 1. The molecule has 0 unspecified atom stereocenters. The maximum Gasteiger partial charge on any atom is 0.138 e. The zero-order valence-corrected chi connectivity index (χ0v) is 11.4. The first-order valence-electron chi connectivity index (χ1n) is 7.03. The number of rotatable bonds is 4. The number of carbonyl (C=O) groups excluding carboxylic acids is 1. The van der Waals surface area contributed by atoms with Gasteiger partial charge < -0.3 is 5.32 Å². The van der Waals surface area contributed by atoms with Gasteiger partial charge in [0, 0.05) is 24.1 Å². The number of benzene rings is 1. The van der Waals surface area contributed by atoms with E-state index in [1.165, 1.54) is 6.42 Å². The Kier molecular flexibility index (Phi) is 4.40. The van der Waals surface area contributed by atoms with Crippen molar-refractivity contribution in [2.45, 2.75) is 45.6 Å². The smallest absolute Gasteiger partial charge is 0.138 e. The lowest BCUT2D eigenvalue weighted by molar-refractivity contribution is -0.125. The molecule has 2 rings (SSSR count). The third-order valence-corrected chi connectivity index (χ3v) is 3.86. The Hall–Kier alpha value is -1.31. The molecule has 1 N–H and O–H groups in total. The fourth-order valence-corrected chi connectivity index (χ4v) is 2.85. The largest absolute Gasteiger partial charge is 0.381 e. The van der Waals surface area contributed by atoms with Gasteiger partial charge in [0.05, 0.1) is 0 Å². The summed E-state index contributed by atoms with van der Waals surface area (Å²) in [5.74, 6) is 1.11. The molecule has 1 aromatic rings. The van der Waals surface area contributed by atoms with Crippen LogP contribution in [0.25, 0.3) is 0 Å². The monoisotopic (exact) mass is 245 g/mol. The molecule has 1 aliphatic carbocycles. The lowest BCUT2D eigenvalue weighted by Gasteiger charge is -2.33. The molecule has 0 spiro atoms. The molecule has 0 aliphatic heterocycles. The molecule has 0 aromatic heterocycles. The first-order chi connectivity index (χ1) is 8.68. The molecule has 1 aliphatic rings. The van der Waals surface area contributed by atoms with Crippen molar-refractivity contribution in [2.24, 2.45) is 11.8 Å². The van der Waals surface area contributed by atoms with Crippen LogP contribution in [-0.2, 0) is 4.79 Å². The number of hydrogen-bond donors (Lipinski definition) is 1. The van der Waals surface area contributed by atoms with Gasteiger partial charge in [0.25, 0.3) is 0 Å². The third kappa shape index (κ3) is 3.12. The van der Waals surface area contributed by atoms with Crippen LogP contribution in [0, 0.1) is 11.8 Å². The van der Waals surface area contributed by atoms with Crippen molar-refractivity contribution in [1.29, 1.82) is 0 Å². The summed E-state index contributed by atoms with van der Waals surface area (Å²) in [7, 11) is 0. The van der Waals surface area contributed by atoms with E-state index in [1.54, 1.807) is 0 Å². The van der Waals surface area contributed by atoms with Crippen molar-refractivity contribution in [3.05, 3.63) is 30.3 Å². The van der Waals surface area contributed by atoms with Crippen LogP contribution in [0.1, 0.15) is 39.5 Å². The maximum absolute atomic E-state index is 12.1. The van der Waals surface area contributed by atoms with E-state index in [2.05, 4.69) is 31.3 Å². The Morgan fingerprint density at radius 1 is 1.17 bits per heavy atom. The summed E-state index contributed by atoms with van der Waals surface area (Å²) in [6, 6.07) is 10.5. The molecule has 0 amide bonds. The predicted molar refractivity (Wildman–Crippen MR) is 75.7 cm³/mol. The van der Waals surface area contributed by atoms with E-state index < -0.39 is 0 Å². The molecular formula is C16H23NO. The SMILES string of the molecule is CC(C)[C@@H](Nc1ccccc1)[C@H]1CCCCC1=O. The lowest BCUT2D eigenvalue weighted by atomic mass is 9.78. The Balaban J connectivity index is 2.10. The molecule has 2 atom stereocenters. The highest BCUT2D eigenvalue weighted by Gasteiger charge is 2.31. The summed E-state index contributed by atoms with van der Waals surface area (Å²) in [5, 5.41) is 3.56. The molecule has 1 saturated carbocycles. The Bertz CT molecular complexity index is 385. The van der Waals surface area contributed by atoms with E-state index in [9.17, 15) is 4.79 Å². The standard InChI is InChI=1S/C16H23NO/c1-12(2)16(14-10-6-7-11-15(14)18)17-13-8-4-3-5-9-13/h3-5,8-9,12,14,16-17H,6-7,10-11H2,1-2H3/t14-,16+/m0/s1. The fraction of sp³-hybridized carbons (Fsp3) is 0.562. The van der Waals surface area contributed by atoms with Gasteiger partial charge in [0.2, 0.25) is 0 Å². The lowest BCUT2D eigenvalue weighted by Crippen LogP contribution is -2.40. The van der Waals surface area contributed by atoms with Crippen LogP contribution in [-0.4, -0.2) is 11.8 Å². The van der Waals surface area contributed by atoms with Crippen molar-refractivity contribution < 1.29 is 4.79 Å². The quantitative estimate of drug-likeness (QED) is 0.872. The second-order valence-corrected chi connectivity index (χ2v) is 5.60. The molecule has 18 heavy (non-hydrogen) atoms. The van der Waals surface area contributed by atoms with Crippen LogP contribution in [0.4, 0.5) is 5.69 Å². The Morgan fingerprint density at radius 2 is 1.89 bits per heavy atom. The number of ketones is 1. The second-order valence-electron chi connectivity index (χ2n) is 5.60. The third-order valence-electron chi connectivity index (χ3n) is 3.86. The zero-order valence-electron chi connectivity index (χ0n) is 11.4. The fourth-order valence-electron chi connectivity index (χ4n) is 2.85. The van der Waals surface area contributed by atoms with Gasteiger partial charge in [-0.15, -0.1) is 0 Å². The Morgan fingerprint density at radius 3 is 2.50 bits per heavy atom. The molecule has 0 bridgehead atoms. The first kappa shape index (κ1) is 13.1. The topological polar surface area (TPSA) is 29.1 Å². The van der Waals surface area contributed by atoms with Crippen LogP contribution >= 0.6 is 0 Å². The summed E-state index contributed by atoms with van der Waals surface area (Å²) in [5.41, 5.74) is 1.12. The van der Waals surface area contributed by atoms with E-state index in [0.29, 0.717) is 11.7 Å². The summed E-state index contributed by atoms with van der Waals surface area (Å²) >= 11 is 0. The summed E-state index contributed by atoms with van der Waals surface area (Å²) < 4.78 is 0. The van der Waals surface area contributed by atoms with Crippen molar-refractivity contribution >= 4 is 11.5 Å². The first-order valence-corrected chi connectivity index (χ1v) is 7.03. The normalized spacial score (nSPS) is 21.9. The molecular weight excluding hydrogens is 222 g/mol. The van der Waals surface area contributed by atoms with Crippen LogP contribution in [0.3, 0.4) is 0 Å². The number of hydrogen-bond acceptors (Lipinski definition) is 2. The highest BCUT2D eigenvalue weighted by molar-refractivity contribution is 5.82. The zero-order chi connectivity index (χ0) is 13.0. The molecule has 1 aromatic carbocycles. The van der Waals surface area contributed by atoms with Gasteiger partial charge in [0.1, 0.15) is 5.78 Å². The number of carbonyl (C=O) groups is 1. The van der Waals surface area contributed by atoms with Crippen LogP contribution in [0.2, 0.25) is 0 Å². The van der Waals surface area contributed by atoms with Gasteiger partial charge in [-0.05, 0) is 30.9 Å². The molecule has 0 radical (unpaired) electrons. The van der Waals surface area contributed by atoms with Gasteiger partial charge in [-0.1, -0.05) is 38.5 Å². The molecule has 2 nitrogen and oxygen atoms in total. The number of Topliss-reactive ketones (excluding diaryl/α,β-unsaturated/α-hetero) is 1. The van der Waals surface area contributed by atoms with E-state index in [0.717, 1.165) is 24.9 Å². The summed E-state index contributed by atoms with van der Waals surface area (Å²) in [6.45, 7) is 4.39. The van der Waals surface area contributed by atoms with Crippen molar-refractivity contribution in [3.8, 4) is 0 Å². The maximum atomic E-state index is 12.1. The van der Waals surface area contributed by atoms with Gasteiger partial charge in [-0.25, -0.2) is 0 Å². The molecule has 0 saturated heterocycles. The van der Waals surface area contributed by atoms with E-state index in [1.807, 2.05) is 18.2 Å². The van der Waals surface area contributed by atoms with E-state index in [-0.39, 0.29) is 12.0 Å². The number of anilines is 1. The minimum absolute atomic E-state index is 0.193. The van der Waals surface area contributed by atoms with Crippen LogP contribution in [0.15, 0.2) is 30.3 Å². The molecule has 2 heteroatoms. The van der Waals surface area contributed by atoms with Gasteiger partial charge >= 0.3 is 0 Å². The minimum atomic E-state index is 0.193. The van der Waals surface area contributed by atoms with Gasteiger partial charge in [0.15, 0.2) is 0 Å². The van der Waals surface area contributed by atoms with E-state index >= 15 is 0 Å². The summed E-state index contributed by atoms with van der Waals surface area (Å²) in [6.07, 6.45) is 4.08. The number of nitrogens with one attached hydrogen (secondary N) is 1. The molecule has 1 fully saturated rings. The van der Waals surface area contributed by atoms with Crippen molar-refractivity contribution in [1.82, 2.24) is 0 Å². The average Bonchev–Trinajstić information content (AvgIpc) is 2.38. The minimum Gasteiger partial charge on any atom is -0.381 e. The van der Waals surface area contributed by atoms with Crippen LogP contribution < -0.4 is 5.32 Å². The predicted octanol–water partition coefficient (Wildman–Crippen LogP) is 3.88. The Labute approximate surface area is 110 Å². The van der Waals surface area contributed by atoms with Crippen molar-refractivity contribution in [2.75, 3.05) is 5.32 Å². The highest BCUT2D eigenvalue weighted by atomic mass is 16.1. The summed E-state index contributed by atoms with van der Waals surface area (Å²) in [4.78, 5) is 12.1.